The molecule has 3 N–H and O–H groups in total. The third kappa shape index (κ3) is 3.32. The van der Waals surface area contributed by atoms with E-state index in [9.17, 15) is 4.79 Å². The molecule has 0 aliphatic carbocycles. The van der Waals surface area contributed by atoms with Crippen LogP contribution in [0.5, 0.6) is 0 Å². The number of nitrogens with two attached hydrogens (primary N) is 1. The zero-order chi connectivity index (χ0) is 18.8. The van der Waals surface area contributed by atoms with Crippen LogP contribution in [0.4, 0.5) is 0 Å². The molecule has 0 bridgehead atoms. The van der Waals surface area contributed by atoms with Crippen molar-refractivity contribution in [3.8, 4) is 11.4 Å². The molecule has 5 heteroatoms. The van der Waals surface area contributed by atoms with Gasteiger partial charge in [-0.15, -0.1) is 0 Å². The van der Waals surface area contributed by atoms with Gasteiger partial charge in [0.25, 0.3) is 0 Å². The van der Waals surface area contributed by atoms with E-state index < -0.39 is 5.97 Å². The number of aromatic carboxylic acids is 1. The van der Waals surface area contributed by atoms with Gasteiger partial charge in [0.2, 0.25) is 0 Å². The number of carboxylic acids is 1. The lowest BCUT2D eigenvalue weighted by Gasteiger charge is -2.10. The van der Waals surface area contributed by atoms with Crippen LogP contribution in [0.1, 0.15) is 21.5 Å². The van der Waals surface area contributed by atoms with Gasteiger partial charge in [0.1, 0.15) is 5.82 Å². The first kappa shape index (κ1) is 17.0. The molecule has 0 radical (unpaired) electrons. The number of hydrogen-bond acceptors (Lipinski definition) is 3. The van der Waals surface area contributed by atoms with E-state index >= 15 is 0 Å². The van der Waals surface area contributed by atoms with Gasteiger partial charge in [-0.2, -0.15) is 0 Å². The van der Waals surface area contributed by atoms with Gasteiger partial charge in [0.15, 0.2) is 0 Å². The fourth-order valence-electron chi connectivity index (χ4n) is 3.18. The minimum absolute atomic E-state index is 0.284. The van der Waals surface area contributed by atoms with E-state index in [-0.39, 0.29) is 5.56 Å². The van der Waals surface area contributed by atoms with Crippen LogP contribution in [-0.4, -0.2) is 20.6 Å². The minimum Gasteiger partial charge on any atom is -0.478 e. The highest BCUT2D eigenvalue weighted by molar-refractivity contribution is 5.87. The van der Waals surface area contributed by atoms with E-state index in [0.717, 1.165) is 33.5 Å². The molecule has 0 aliphatic heterocycles. The zero-order valence-corrected chi connectivity index (χ0v) is 14.7. The van der Waals surface area contributed by atoms with Crippen LogP contribution >= 0.6 is 0 Å². The Morgan fingerprint density at radius 2 is 1.59 bits per heavy atom. The molecule has 27 heavy (non-hydrogen) atoms. The quantitative estimate of drug-likeness (QED) is 0.567. The van der Waals surface area contributed by atoms with Crippen molar-refractivity contribution in [3.05, 3.63) is 89.5 Å². The first-order chi connectivity index (χ1) is 13.2. The van der Waals surface area contributed by atoms with Crippen LogP contribution in [0.15, 0.2) is 72.8 Å². The second-order valence-corrected chi connectivity index (χ2v) is 6.41. The Morgan fingerprint density at radius 3 is 2.26 bits per heavy atom. The van der Waals surface area contributed by atoms with Crippen LogP contribution < -0.4 is 5.73 Å². The third-order valence-corrected chi connectivity index (χ3v) is 4.64. The first-order valence-electron chi connectivity index (χ1n) is 8.72. The summed E-state index contributed by atoms with van der Waals surface area (Å²) >= 11 is 0. The minimum atomic E-state index is -0.921. The van der Waals surface area contributed by atoms with Gasteiger partial charge in [-0.3, -0.25) is 0 Å². The summed E-state index contributed by atoms with van der Waals surface area (Å²) in [6.07, 6.45) is 0. The summed E-state index contributed by atoms with van der Waals surface area (Å²) in [6, 6.07) is 23.1. The fraction of sp³-hybridized carbons (Fsp3) is 0.0909. The van der Waals surface area contributed by atoms with E-state index in [1.165, 1.54) is 0 Å². The molecule has 1 heterocycles. The Bertz CT molecular complexity index is 1100. The van der Waals surface area contributed by atoms with Crippen molar-refractivity contribution in [1.29, 1.82) is 0 Å². The van der Waals surface area contributed by atoms with E-state index in [0.29, 0.717) is 13.1 Å². The monoisotopic (exact) mass is 357 g/mol. The molecule has 0 spiro atoms. The molecule has 134 valence electrons. The highest BCUT2D eigenvalue weighted by atomic mass is 16.4. The van der Waals surface area contributed by atoms with Crippen molar-refractivity contribution in [2.45, 2.75) is 13.1 Å². The Kier molecular flexibility index (Phi) is 4.44. The third-order valence-electron chi connectivity index (χ3n) is 4.64. The summed E-state index contributed by atoms with van der Waals surface area (Å²) < 4.78 is 2.16. The number of benzene rings is 3. The van der Waals surface area contributed by atoms with Crippen LogP contribution in [0.25, 0.3) is 22.4 Å². The van der Waals surface area contributed by atoms with Gasteiger partial charge < -0.3 is 15.4 Å². The van der Waals surface area contributed by atoms with Gasteiger partial charge in [-0.25, -0.2) is 9.78 Å². The number of imidazole rings is 1. The molecule has 0 saturated carbocycles. The van der Waals surface area contributed by atoms with Crippen molar-refractivity contribution in [3.63, 3.8) is 0 Å². The number of carboxylic acid groups (broad SMARTS) is 1. The summed E-state index contributed by atoms with van der Waals surface area (Å²) in [4.78, 5) is 15.9. The number of nitrogens with zero attached hydrogens (tertiary/aromatic N) is 2. The number of carbonyl (C=O) groups is 1. The predicted molar refractivity (Wildman–Crippen MR) is 106 cm³/mol. The van der Waals surface area contributed by atoms with Gasteiger partial charge in [0.05, 0.1) is 16.6 Å². The Hall–Kier alpha value is -3.44. The normalized spacial score (nSPS) is 11.0. The maximum Gasteiger partial charge on any atom is 0.335 e. The van der Waals surface area contributed by atoms with Gasteiger partial charge in [-0.1, -0.05) is 48.5 Å². The van der Waals surface area contributed by atoms with Crippen LogP contribution in [0, 0.1) is 0 Å². The molecule has 0 saturated heterocycles. The summed E-state index contributed by atoms with van der Waals surface area (Å²) in [5.41, 5.74) is 11.1. The molecule has 5 nitrogen and oxygen atoms in total. The number of para-hydroxylation sites is 2. The SMILES string of the molecule is NCc1ccc(-c2nc3ccccc3n2Cc2ccc(C(=O)O)cc2)cc1. The molecule has 0 fully saturated rings. The van der Waals surface area contributed by atoms with Crippen molar-refractivity contribution in [1.82, 2.24) is 9.55 Å². The second kappa shape index (κ2) is 7.05. The van der Waals surface area contributed by atoms with Gasteiger partial charge >= 0.3 is 5.97 Å². The number of rotatable bonds is 5. The first-order valence-corrected chi connectivity index (χ1v) is 8.72. The van der Waals surface area contributed by atoms with E-state index in [2.05, 4.69) is 4.57 Å². The topological polar surface area (TPSA) is 81.1 Å². The molecule has 0 amide bonds. The molecular formula is C22H19N3O2. The van der Waals surface area contributed by atoms with Crippen molar-refractivity contribution in [2.75, 3.05) is 0 Å². The smallest absolute Gasteiger partial charge is 0.335 e. The lowest BCUT2D eigenvalue weighted by atomic mass is 10.1. The standard InChI is InChI=1S/C22H19N3O2/c23-13-15-5-9-17(10-6-15)21-24-19-3-1-2-4-20(19)25(21)14-16-7-11-18(12-8-16)22(26)27/h1-12H,13-14,23H2,(H,26,27). The average Bonchev–Trinajstić information content (AvgIpc) is 3.07. The van der Waals surface area contributed by atoms with E-state index in [1.807, 2.05) is 60.7 Å². The molecule has 0 aliphatic rings. The summed E-state index contributed by atoms with van der Waals surface area (Å²) in [6.45, 7) is 1.11. The fourth-order valence-corrected chi connectivity index (χ4v) is 3.18. The molecule has 3 aromatic carbocycles. The maximum atomic E-state index is 11.1. The summed E-state index contributed by atoms with van der Waals surface area (Å²) in [5.74, 6) is -0.0441. The lowest BCUT2D eigenvalue weighted by Crippen LogP contribution is -2.03. The van der Waals surface area contributed by atoms with Crippen molar-refractivity contribution >= 4 is 17.0 Å². The summed E-state index contributed by atoms with van der Waals surface area (Å²) in [5, 5.41) is 9.09. The maximum absolute atomic E-state index is 11.1. The highest BCUT2D eigenvalue weighted by Gasteiger charge is 2.13. The Balaban J connectivity index is 1.79. The van der Waals surface area contributed by atoms with Crippen LogP contribution in [0.2, 0.25) is 0 Å². The van der Waals surface area contributed by atoms with E-state index in [1.54, 1.807) is 12.1 Å². The number of hydrogen-bond donors (Lipinski definition) is 2. The molecule has 0 atom stereocenters. The molecule has 4 aromatic rings. The van der Waals surface area contributed by atoms with E-state index in [4.69, 9.17) is 15.8 Å². The predicted octanol–water partition coefficient (Wildman–Crippen LogP) is 3.91. The van der Waals surface area contributed by atoms with Crippen LogP contribution in [0.3, 0.4) is 0 Å². The molecule has 4 rings (SSSR count). The van der Waals surface area contributed by atoms with Gasteiger partial charge in [0, 0.05) is 18.7 Å². The number of aromatic nitrogens is 2. The van der Waals surface area contributed by atoms with Gasteiger partial charge in [-0.05, 0) is 35.4 Å². The average molecular weight is 357 g/mol. The van der Waals surface area contributed by atoms with Crippen molar-refractivity contribution < 1.29 is 9.90 Å². The highest BCUT2D eigenvalue weighted by Crippen LogP contribution is 2.26. The molecule has 0 unspecified atom stereocenters. The van der Waals surface area contributed by atoms with Crippen LogP contribution in [-0.2, 0) is 13.1 Å². The molecular weight excluding hydrogens is 338 g/mol. The largest absolute Gasteiger partial charge is 0.478 e. The molecule has 1 aromatic heterocycles. The Labute approximate surface area is 156 Å². The summed E-state index contributed by atoms with van der Waals surface area (Å²) in [7, 11) is 0. The van der Waals surface area contributed by atoms with Crippen molar-refractivity contribution in [2.24, 2.45) is 5.73 Å². The lowest BCUT2D eigenvalue weighted by molar-refractivity contribution is 0.0697. The second-order valence-electron chi connectivity index (χ2n) is 6.41. The Morgan fingerprint density at radius 1 is 0.926 bits per heavy atom. The number of fused-ring (bicyclic) bond motifs is 1. The zero-order valence-electron chi connectivity index (χ0n) is 14.7.